The van der Waals surface area contributed by atoms with Gasteiger partial charge in [-0.1, -0.05) is 30.3 Å². The summed E-state index contributed by atoms with van der Waals surface area (Å²) in [4.78, 5) is 23.4. The van der Waals surface area contributed by atoms with Gasteiger partial charge in [0.15, 0.2) is 0 Å². The number of esters is 1. The molecule has 2 rings (SSSR count). The van der Waals surface area contributed by atoms with E-state index in [2.05, 4.69) is 17.4 Å². The van der Waals surface area contributed by atoms with Gasteiger partial charge in [-0.05, 0) is 37.7 Å². The average Bonchev–Trinajstić information content (AvgIpc) is 3.31. The highest BCUT2D eigenvalue weighted by atomic mass is 16.5. The second-order valence-corrected chi connectivity index (χ2v) is 5.24. The van der Waals surface area contributed by atoms with Crippen LogP contribution in [0.2, 0.25) is 0 Å². The van der Waals surface area contributed by atoms with E-state index in [1.807, 2.05) is 18.2 Å². The van der Waals surface area contributed by atoms with Crippen molar-refractivity contribution in [1.82, 2.24) is 5.32 Å². The number of aryl methyl sites for hydroxylation is 1. The summed E-state index contributed by atoms with van der Waals surface area (Å²) in [6.07, 6.45) is 4.22. The molecule has 1 aliphatic rings. The van der Waals surface area contributed by atoms with Crippen molar-refractivity contribution in [2.24, 2.45) is 5.92 Å². The van der Waals surface area contributed by atoms with Gasteiger partial charge in [0.2, 0.25) is 5.91 Å². The molecule has 1 fully saturated rings. The van der Waals surface area contributed by atoms with Crippen LogP contribution in [0.15, 0.2) is 30.3 Å². The van der Waals surface area contributed by atoms with E-state index in [9.17, 15) is 9.59 Å². The molecular formula is C16H21NO3. The van der Waals surface area contributed by atoms with Crippen molar-refractivity contribution in [1.29, 1.82) is 0 Å². The fourth-order valence-electron chi connectivity index (χ4n) is 2.18. The monoisotopic (exact) mass is 275 g/mol. The molecule has 1 amide bonds. The van der Waals surface area contributed by atoms with Crippen molar-refractivity contribution in [3.8, 4) is 0 Å². The zero-order valence-corrected chi connectivity index (χ0v) is 11.8. The molecule has 1 N–H and O–H groups in total. The third-order valence-corrected chi connectivity index (χ3v) is 3.55. The molecule has 108 valence electrons. The Bertz CT molecular complexity index is 454. The molecule has 1 aliphatic carbocycles. The predicted molar refractivity (Wildman–Crippen MR) is 76.1 cm³/mol. The number of amides is 1. The lowest BCUT2D eigenvalue weighted by Crippen LogP contribution is -2.42. The van der Waals surface area contributed by atoms with Crippen molar-refractivity contribution in [3.05, 3.63) is 35.9 Å². The molecule has 1 atom stereocenters. The van der Waals surface area contributed by atoms with Gasteiger partial charge in [-0.3, -0.25) is 4.79 Å². The maximum absolute atomic E-state index is 11.8. The van der Waals surface area contributed by atoms with E-state index in [1.165, 1.54) is 12.7 Å². The van der Waals surface area contributed by atoms with Crippen LogP contribution >= 0.6 is 0 Å². The molecule has 1 saturated carbocycles. The Morgan fingerprint density at radius 2 is 2.00 bits per heavy atom. The summed E-state index contributed by atoms with van der Waals surface area (Å²) in [5.74, 6) is -0.261. The molecule has 0 bridgehead atoms. The Morgan fingerprint density at radius 1 is 1.30 bits per heavy atom. The van der Waals surface area contributed by atoms with Crippen molar-refractivity contribution >= 4 is 11.9 Å². The first-order valence-corrected chi connectivity index (χ1v) is 7.13. The molecular weight excluding hydrogens is 254 g/mol. The first-order chi connectivity index (χ1) is 9.70. The zero-order chi connectivity index (χ0) is 14.4. The minimum absolute atomic E-state index is 0.0138. The highest BCUT2D eigenvalue weighted by Gasteiger charge is 2.32. The maximum Gasteiger partial charge on any atom is 0.328 e. The van der Waals surface area contributed by atoms with E-state index in [4.69, 9.17) is 4.74 Å². The number of methoxy groups -OCH3 is 1. The Kier molecular flexibility index (Phi) is 5.16. The number of nitrogens with one attached hydrogen (secondary N) is 1. The van der Waals surface area contributed by atoms with Crippen LogP contribution in [0, 0.1) is 5.92 Å². The summed E-state index contributed by atoms with van der Waals surface area (Å²) >= 11 is 0. The van der Waals surface area contributed by atoms with Crippen LogP contribution in [-0.2, 0) is 20.7 Å². The number of hydrogen-bond acceptors (Lipinski definition) is 3. The van der Waals surface area contributed by atoms with Gasteiger partial charge < -0.3 is 10.1 Å². The van der Waals surface area contributed by atoms with Crippen molar-refractivity contribution in [2.45, 2.75) is 38.1 Å². The summed E-state index contributed by atoms with van der Waals surface area (Å²) in [6, 6.07) is 9.60. The van der Waals surface area contributed by atoms with Crippen LogP contribution in [0.4, 0.5) is 0 Å². The smallest absolute Gasteiger partial charge is 0.328 e. The molecule has 1 aromatic rings. The van der Waals surface area contributed by atoms with Gasteiger partial charge in [0.05, 0.1) is 7.11 Å². The van der Waals surface area contributed by atoms with Gasteiger partial charge in [0, 0.05) is 5.92 Å². The molecule has 0 saturated heterocycles. The topological polar surface area (TPSA) is 55.4 Å². The summed E-state index contributed by atoms with van der Waals surface area (Å²) in [7, 11) is 1.36. The summed E-state index contributed by atoms with van der Waals surface area (Å²) in [5.41, 5.74) is 1.24. The highest BCUT2D eigenvalue weighted by molar-refractivity contribution is 5.86. The first kappa shape index (κ1) is 14.6. The van der Waals surface area contributed by atoms with Gasteiger partial charge >= 0.3 is 5.97 Å². The molecule has 0 aromatic heterocycles. The Morgan fingerprint density at radius 3 is 2.60 bits per heavy atom. The van der Waals surface area contributed by atoms with Gasteiger partial charge in [-0.25, -0.2) is 4.79 Å². The summed E-state index contributed by atoms with van der Waals surface area (Å²) in [5, 5.41) is 2.80. The number of ether oxygens (including phenoxy) is 1. The van der Waals surface area contributed by atoms with Gasteiger partial charge in [-0.2, -0.15) is 0 Å². The molecule has 0 heterocycles. The van der Waals surface area contributed by atoms with Gasteiger partial charge in [-0.15, -0.1) is 0 Å². The minimum atomic E-state index is -0.517. The number of benzene rings is 1. The molecule has 0 radical (unpaired) electrons. The standard InChI is InChI=1S/C16H21NO3/c1-20-16(19)14(17-15(18)13-10-11-13)9-5-8-12-6-3-2-4-7-12/h2-4,6-7,13-14H,5,8-11H2,1H3,(H,17,18)/t14-/m1/s1. The van der Waals surface area contributed by atoms with Gasteiger partial charge in [0.1, 0.15) is 6.04 Å². The normalized spacial score (nSPS) is 15.4. The van der Waals surface area contributed by atoms with E-state index < -0.39 is 6.04 Å². The Labute approximate surface area is 119 Å². The van der Waals surface area contributed by atoms with Crippen LogP contribution in [0.5, 0.6) is 0 Å². The summed E-state index contributed by atoms with van der Waals surface area (Å²) < 4.78 is 4.76. The minimum Gasteiger partial charge on any atom is -0.467 e. The molecule has 0 unspecified atom stereocenters. The molecule has 1 aromatic carbocycles. The first-order valence-electron chi connectivity index (χ1n) is 7.13. The average molecular weight is 275 g/mol. The Hall–Kier alpha value is -1.84. The van der Waals surface area contributed by atoms with Crippen LogP contribution in [-0.4, -0.2) is 25.0 Å². The molecule has 0 spiro atoms. The third kappa shape index (κ3) is 4.37. The maximum atomic E-state index is 11.8. The fraction of sp³-hybridized carbons (Fsp3) is 0.500. The number of hydrogen-bond donors (Lipinski definition) is 1. The van der Waals surface area contributed by atoms with E-state index in [-0.39, 0.29) is 17.8 Å². The predicted octanol–water partition coefficient (Wildman–Crippen LogP) is 2.08. The van der Waals surface area contributed by atoms with E-state index in [0.29, 0.717) is 6.42 Å². The van der Waals surface area contributed by atoms with E-state index >= 15 is 0 Å². The lowest BCUT2D eigenvalue weighted by molar-refractivity contribution is -0.145. The number of carbonyl (C=O) groups excluding carboxylic acids is 2. The molecule has 20 heavy (non-hydrogen) atoms. The van der Waals surface area contributed by atoms with Crippen LogP contribution in [0.3, 0.4) is 0 Å². The zero-order valence-electron chi connectivity index (χ0n) is 11.8. The van der Waals surface area contributed by atoms with E-state index in [1.54, 1.807) is 0 Å². The fourth-order valence-corrected chi connectivity index (χ4v) is 2.18. The third-order valence-electron chi connectivity index (χ3n) is 3.55. The highest BCUT2D eigenvalue weighted by Crippen LogP contribution is 2.29. The van der Waals surface area contributed by atoms with Gasteiger partial charge in [0.25, 0.3) is 0 Å². The van der Waals surface area contributed by atoms with Crippen molar-refractivity contribution in [2.75, 3.05) is 7.11 Å². The second kappa shape index (κ2) is 7.08. The van der Waals surface area contributed by atoms with E-state index in [0.717, 1.165) is 25.7 Å². The SMILES string of the molecule is COC(=O)[C@@H](CCCc1ccccc1)NC(=O)C1CC1. The van der Waals surface area contributed by atoms with Crippen molar-refractivity contribution in [3.63, 3.8) is 0 Å². The van der Waals surface area contributed by atoms with Crippen molar-refractivity contribution < 1.29 is 14.3 Å². The molecule has 4 nitrogen and oxygen atoms in total. The number of rotatable bonds is 7. The number of carbonyl (C=O) groups is 2. The largest absolute Gasteiger partial charge is 0.467 e. The molecule has 4 heteroatoms. The second-order valence-electron chi connectivity index (χ2n) is 5.24. The van der Waals surface area contributed by atoms with Crippen LogP contribution in [0.25, 0.3) is 0 Å². The van der Waals surface area contributed by atoms with Crippen LogP contribution < -0.4 is 5.32 Å². The van der Waals surface area contributed by atoms with Crippen LogP contribution in [0.1, 0.15) is 31.2 Å². The Balaban J connectivity index is 1.80. The quantitative estimate of drug-likeness (QED) is 0.775. The lowest BCUT2D eigenvalue weighted by Gasteiger charge is -2.16. The summed E-state index contributed by atoms with van der Waals surface area (Å²) in [6.45, 7) is 0. The molecule has 0 aliphatic heterocycles. The lowest BCUT2D eigenvalue weighted by atomic mass is 10.0.